The molecule has 0 radical (unpaired) electrons. The van der Waals surface area contributed by atoms with E-state index in [1.165, 1.54) is 9.80 Å². The molecule has 1 heterocycles. The van der Waals surface area contributed by atoms with E-state index in [0.29, 0.717) is 6.42 Å². The van der Waals surface area contributed by atoms with Crippen LogP contribution in [0.3, 0.4) is 0 Å². The zero-order chi connectivity index (χ0) is 24.0. The van der Waals surface area contributed by atoms with E-state index < -0.39 is 23.6 Å². The van der Waals surface area contributed by atoms with Gasteiger partial charge in [-0.25, -0.2) is 9.59 Å². The smallest absolute Gasteiger partial charge is 0.411 e. The normalized spacial score (nSPS) is 19.5. The van der Waals surface area contributed by atoms with Crippen LogP contribution in [0.1, 0.15) is 38.3 Å². The highest BCUT2D eigenvalue weighted by Crippen LogP contribution is 2.30. The first-order valence-corrected chi connectivity index (χ1v) is 11.3. The Labute approximate surface area is 195 Å². The van der Waals surface area contributed by atoms with Gasteiger partial charge in [-0.05, 0) is 30.4 Å². The topological polar surface area (TPSA) is 87.2 Å². The number of carboxylic acid groups (broad SMARTS) is 1. The molecule has 176 valence electrons. The average molecular weight is 453 g/mol. The first kappa shape index (κ1) is 24.3. The largest absolute Gasteiger partial charge is 0.480 e. The summed E-state index contributed by atoms with van der Waals surface area (Å²) in [7, 11) is 0. The second-order valence-corrected chi connectivity index (χ2v) is 9.11. The SMILES string of the molecule is CC(C)C[C@H](C(=O)O)N1CCN(C(=O)OCc2ccccc2)[C@@](C)(Cc2ccccc2)C1=O. The molecule has 33 heavy (non-hydrogen) atoms. The van der Waals surface area contributed by atoms with Gasteiger partial charge in [0.05, 0.1) is 0 Å². The van der Waals surface area contributed by atoms with E-state index in [9.17, 15) is 19.5 Å². The molecule has 0 saturated carbocycles. The van der Waals surface area contributed by atoms with Crippen molar-refractivity contribution in [3.63, 3.8) is 0 Å². The minimum absolute atomic E-state index is 0.0978. The Hall–Kier alpha value is -3.35. The predicted octanol–water partition coefficient (Wildman–Crippen LogP) is 3.97. The number of benzene rings is 2. The summed E-state index contributed by atoms with van der Waals surface area (Å²) in [6.07, 6.45) is 0.0273. The standard InChI is InChI=1S/C26H32N2O5/c1-19(2)16-22(23(29)30)27-14-15-28(25(32)33-18-21-12-8-5-9-13-21)26(3,24(27)31)17-20-10-6-4-7-11-20/h4-13,19,22H,14-18H2,1-3H3,(H,29,30)/t22-,26+/m1/s1. The van der Waals surface area contributed by atoms with Crippen LogP contribution in [0.5, 0.6) is 0 Å². The fourth-order valence-corrected chi connectivity index (χ4v) is 4.34. The Kier molecular flexibility index (Phi) is 7.74. The molecule has 2 atom stereocenters. The van der Waals surface area contributed by atoms with Crippen molar-refractivity contribution in [3.05, 3.63) is 71.8 Å². The van der Waals surface area contributed by atoms with E-state index in [-0.39, 0.29) is 37.9 Å². The van der Waals surface area contributed by atoms with Gasteiger partial charge in [-0.2, -0.15) is 0 Å². The third-order valence-corrected chi connectivity index (χ3v) is 6.05. The summed E-state index contributed by atoms with van der Waals surface area (Å²) in [5.41, 5.74) is 0.466. The summed E-state index contributed by atoms with van der Waals surface area (Å²) in [5.74, 6) is -1.30. The number of carbonyl (C=O) groups excluding carboxylic acids is 2. The lowest BCUT2D eigenvalue weighted by Crippen LogP contribution is -2.69. The van der Waals surface area contributed by atoms with Gasteiger partial charge in [-0.1, -0.05) is 74.5 Å². The lowest BCUT2D eigenvalue weighted by Gasteiger charge is -2.48. The van der Waals surface area contributed by atoms with E-state index in [0.717, 1.165) is 11.1 Å². The highest BCUT2D eigenvalue weighted by atomic mass is 16.6. The zero-order valence-electron chi connectivity index (χ0n) is 19.4. The van der Waals surface area contributed by atoms with Crippen molar-refractivity contribution < 1.29 is 24.2 Å². The molecule has 1 fully saturated rings. The van der Waals surface area contributed by atoms with Crippen molar-refractivity contribution in [1.82, 2.24) is 9.80 Å². The zero-order valence-corrected chi connectivity index (χ0v) is 19.4. The summed E-state index contributed by atoms with van der Waals surface area (Å²) in [4.78, 5) is 41.8. The quantitative estimate of drug-likeness (QED) is 0.655. The van der Waals surface area contributed by atoms with Gasteiger partial charge >= 0.3 is 12.1 Å². The number of carboxylic acids is 1. The molecule has 0 spiro atoms. The third kappa shape index (κ3) is 5.72. The Morgan fingerprint density at radius 1 is 1.00 bits per heavy atom. The third-order valence-electron chi connectivity index (χ3n) is 6.05. The van der Waals surface area contributed by atoms with Crippen LogP contribution in [-0.2, 0) is 27.4 Å². The number of amides is 2. The predicted molar refractivity (Wildman–Crippen MR) is 124 cm³/mol. The highest BCUT2D eigenvalue weighted by Gasteiger charge is 2.51. The van der Waals surface area contributed by atoms with Gasteiger partial charge in [0.1, 0.15) is 18.2 Å². The second-order valence-electron chi connectivity index (χ2n) is 9.11. The summed E-state index contributed by atoms with van der Waals surface area (Å²) in [5, 5.41) is 9.84. The molecule has 2 aromatic rings. The molecular formula is C26H32N2O5. The van der Waals surface area contributed by atoms with Gasteiger partial charge in [-0.3, -0.25) is 9.69 Å². The fraction of sp³-hybridized carbons (Fsp3) is 0.423. The monoisotopic (exact) mass is 452 g/mol. The van der Waals surface area contributed by atoms with Crippen LogP contribution < -0.4 is 0 Å². The molecular weight excluding hydrogens is 420 g/mol. The van der Waals surface area contributed by atoms with E-state index in [2.05, 4.69) is 0 Å². The molecule has 2 aromatic carbocycles. The lowest BCUT2D eigenvalue weighted by atomic mass is 9.86. The van der Waals surface area contributed by atoms with Crippen molar-refractivity contribution in [2.45, 2.75) is 51.8 Å². The lowest BCUT2D eigenvalue weighted by molar-refractivity contribution is -0.161. The summed E-state index contributed by atoms with van der Waals surface area (Å²) in [6.45, 7) is 6.01. The van der Waals surface area contributed by atoms with Crippen LogP contribution in [0.25, 0.3) is 0 Å². The maximum absolute atomic E-state index is 13.8. The van der Waals surface area contributed by atoms with Crippen LogP contribution in [0.4, 0.5) is 4.79 Å². The van der Waals surface area contributed by atoms with Crippen LogP contribution >= 0.6 is 0 Å². The number of rotatable bonds is 8. The number of hydrogen-bond donors (Lipinski definition) is 1. The van der Waals surface area contributed by atoms with E-state index >= 15 is 0 Å². The van der Waals surface area contributed by atoms with Crippen LogP contribution in [-0.4, -0.2) is 57.5 Å². The molecule has 0 aliphatic carbocycles. The Balaban J connectivity index is 1.88. The minimum atomic E-state index is -1.27. The molecule has 1 aliphatic heterocycles. The number of piperazine rings is 1. The Bertz CT molecular complexity index is 963. The van der Waals surface area contributed by atoms with E-state index in [1.54, 1.807) is 6.92 Å². The molecule has 7 nitrogen and oxygen atoms in total. The van der Waals surface area contributed by atoms with Gasteiger partial charge in [0, 0.05) is 19.5 Å². The first-order chi connectivity index (χ1) is 15.7. The molecule has 0 bridgehead atoms. The fourth-order valence-electron chi connectivity index (χ4n) is 4.34. The van der Waals surface area contributed by atoms with E-state index in [1.807, 2.05) is 74.5 Å². The number of carbonyl (C=O) groups is 3. The van der Waals surface area contributed by atoms with Gasteiger partial charge in [0.25, 0.3) is 0 Å². The van der Waals surface area contributed by atoms with Crippen molar-refractivity contribution >= 4 is 18.0 Å². The number of hydrogen-bond acceptors (Lipinski definition) is 4. The van der Waals surface area contributed by atoms with Gasteiger partial charge < -0.3 is 14.7 Å². The van der Waals surface area contributed by atoms with Crippen molar-refractivity contribution in [1.29, 1.82) is 0 Å². The molecule has 7 heteroatoms. The van der Waals surface area contributed by atoms with Crippen molar-refractivity contribution in [3.8, 4) is 0 Å². The minimum Gasteiger partial charge on any atom is -0.480 e. The molecule has 2 amide bonds. The first-order valence-electron chi connectivity index (χ1n) is 11.3. The number of ether oxygens (including phenoxy) is 1. The molecule has 0 aromatic heterocycles. The molecule has 1 aliphatic rings. The van der Waals surface area contributed by atoms with Crippen molar-refractivity contribution in [2.24, 2.45) is 5.92 Å². The van der Waals surface area contributed by atoms with Crippen molar-refractivity contribution in [2.75, 3.05) is 13.1 Å². The molecule has 3 rings (SSSR count). The summed E-state index contributed by atoms with van der Waals surface area (Å²) < 4.78 is 5.56. The molecule has 1 N–H and O–H groups in total. The maximum atomic E-state index is 13.8. The van der Waals surface area contributed by atoms with Crippen LogP contribution in [0.15, 0.2) is 60.7 Å². The maximum Gasteiger partial charge on any atom is 0.411 e. The Morgan fingerprint density at radius 3 is 2.12 bits per heavy atom. The second kappa shape index (κ2) is 10.5. The van der Waals surface area contributed by atoms with Crippen LogP contribution in [0, 0.1) is 5.92 Å². The summed E-state index contributed by atoms with van der Waals surface area (Å²) >= 11 is 0. The number of nitrogens with zero attached hydrogens (tertiary/aromatic N) is 2. The average Bonchev–Trinajstić information content (AvgIpc) is 2.79. The number of aliphatic carboxylic acids is 1. The molecule has 1 saturated heterocycles. The summed E-state index contributed by atoms with van der Waals surface area (Å²) in [6, 6.07) is 17.8. The van der Waals surface area contributed by atoms with Gasteiger partial charge in [-0.15, -0.1) is 0 Å². The van der Waals surface area contributed by atoms with E-state index in [4.69, 9.17) is 4.74 Å². The van der Waals surface area contributed by atoms with Gasteiger partial charge in [0.2, 0.25) is 5.91 Å². The highest BCUT2D eigenvalue weighted by molar-refractivity contribution is 5.93. The molecule has 0 unspecified atom stereocenters. The van der Waals surface area contributed by atoms with Gasteiger partial charge in [0.15, 0.2) is 0 Å². The Morgan fingerprint density at radius 2 is 1.58 bits per heavy atom. The van der Waals surface area contributed by atoms with Crippen LogP contribution in [0.2, 0.25) is 0 Å².